The van der Waals surface area contributed by atoms with Crippen LogP contribution in [0.15, 0.2) is 24.3 Å². The lowest BCUT2D eigenvalue weighted by Gasteiger charge is -2.24. The van der Waals surface area contributed by atoms with Crippen LogP contribution in [0.4, 0.5) is 10.8 Å². The predicted molar refractivity (Wildman–Crippen MR) is 93.4 cm³/mol. The van der Waals surface area contributed by atoms with Crippen LogP contribution < -0.4 is 10.2 Å². The average molecular weight is 355 g/mol. The maximum atomic E-state index is 12.8. The summed E-state index contributed by atoms with van der Waals surface area (Å²) in [6.07, 6.45) is -0.191. The molecule has 0 bridgehead atoms. The lowest BCUT2D eigenvalue weighted by molar-refractivity contribution is -0.120. The molecule has 1 aromatic carbocycles. The molecule has 1 amide bonds. The van der Waals surface area contributed by atoms with Crippen molar-refractivity contribution in [2.75, 3.05) is 30.4 Å². The summed E-state index contributed by atoms with van der Waals surface area (Å²) < 4.78 is 9.60. The molecule has 3 heterocycles. The summed E-state index contributed by atoms with van der Waals surface area (Å²) in [5.74, 6) is 0.0642. The Bertz CT molecular complexity index is 876. The number of methoxy groups -OCH3 is 1. The van der Waals surface area contributed by atoms with E-state index in [-0.39, 0.29) is 12.0 Å². The molecule has 128 valence electrons. The number of para-hydroxylation sites is 1. The number of carbonyl (C=O) groups excluding carboxylic acids is 1. The molecule has 4 rings (SSSR count). The molecule has 1 aromatic heterocycles. The van der Waals surface area contributed by atoms with E-state index >= 15 is 0 Å². The first-order valence-corrected chi connectivity index (χ1v) is 8.79. The molecule has 25 heavy (non-hydrogen) atoms. The van der Waals surface area contributed by atoms with Gasteiger partial charge in [0.25, 0.3) is 0 Å². The summed E-state index contributed by atoms with van der Waals surface area (Å²) in [4.78, 5) is 19.3. The average Bonchev–Trinajstić information content (AvgIpc) is 3.32. The van der Waals surface area contributed by atoms with E-state index < -0.39 is 11.3 Å². The number of aromatic nitrogens is 2. The van der Waals surface area contributed by atoms with Gasteiger partial charge in [0.15, 0.2) is 5.82 Å². The number of carbonyl (C=O) groups is 1. The van der Waals surface area contributed by atoms with E-state index in [4.69, 9.17) is 4.74 Å². The molecule has 2 aromatic rings. The molecular weight excluding hydrogens is 338 g/mol. The van der Waals surface area contributed by atoms with Gasteiger partial charge in [-0.05, 0) is 18.6 Å². The van der Waals surface area contributed by atoms with Gasteiger partial charge in [-0.15, -0.1) is 0 Å². The third-order valence-corrected chi connectivity index (χ3v) is 5.86. The fourth-order valence-electron chi connectivity index (χ4n) is 3.61. The number of nitrogens with zero attached hydrogens (tertiary/aromatic N) is 4. The van der Waals surface area contributed by atoms with Crippen LogP contribution in [0.3, 0.4) is 0 Å². The Labute approximate surface area is 149 Å². The molecular formula is C17H17N5O2S. The highest BCUT2D eigenvalue weighted by molar-refractivity contribution is 7.09. The Balaban J connectivity index is 1.72. The highest BCUT2D eigenvalue weighted by Crippen LogP contribution is 2.48. The lowest BCUT2D eigenvalue weighted by Crippen LogP contribution is -2.41. The number of ether oxygens (including phenoxy) is 1. The van der Waals surface area contributed by atoms with Gasteiger partial charge in [0.05, 0.1) is 12.0 Å². The molecule has 7 nitrogen and oxygen atoms in total. The normalized spacial score (nSPS) is 25.7. The number of fused-ring (bicyclic) bond motifs is 2. The third kappa shape index (κ3) is 2.23. The van der Waals surface area contributed by atoms with E-state index in [2.05, 4.69) is 20.7 Å². The minimum absolute atomic E-state index is 0.113. The Morgan fingerprint density at radius 1 is 1.52 bits per heavy atom. The first kappa shape index (κ1) is 16.0. The number of nitrogens with one attached hydrogen (secondary N) is 1. The first-order chi connectivity index (χ1) is 12.1. The van der Waals surface area contributed by atoms with E-state index in [1.165, 1.54) is 11.5 Å². The zero-order valence-corrected chi connectivity index (χ0v) is 14.7. The van der Waals surface area contributed by atoms with Crippen molar-refractivity contribution in [3.63, 3.8) is 0 Å². The molecule has 2 aliphatic heterocycles. The quantitative estimate of drug-likeness (QED) is 0.906. The summed E-state index contributed by atoms with van der Waals surface area (Å²) in [6.45, 7) is 2.76. The maximum absolute atomic E-state index is 12.8. The van der Waals surface area contributed by atoms with E-state index in [1.54, 1.807) is 7.11 Å². The van der Waals surface area contributed by atoms with Gasteiger partial charge in [0.2, 0.25) is 11.0 Å². The summed E-state index contributed by atoms with van der Waals surface area (Å²) >= 11 is 1.27. The van der Waals surface area contributed by atoms with Crippen LogP contribution in [0, 0.1) is 17.2 Å². The number of rotatable bonds is 3. The van der Waals surface area contributed by atoms with Crippen molar-refractivity contribution in [1.29, 1.82) is 5.26 Å². The highest BCUT2D eigenvalue weighted by atomic mass is 32.1. The molecule has 1 N–H and O–H groups in total. The van der Waals surface area contributed by atoms with Gasteiger partial charge in [-0.1, -0.05) is 18.2 Å². The smallest absolute Gasteiger partial charge is 0.238 e. The minimum Gasteiger partial charge on any atom is -0.374 e. The number of hydrogen-bond acceptors (Lipinski definition) is 7. The SMILES string of the molecule is COC(C)c1nsc(N2CC(C#N)C3(C2)C(=O)Nc2ccccc23)n1. The fourth-order valence-corrected chi connectivity index (χ4v) is 4.37. The highest BCUT2D eigenvalue weighted by Gasteiger charge is 2.58. The molecule has 2 aliphatic rings. The molecule has 3 atom stereocenters. The van der Waals surface area contributed by atoms with Gasteiger partial charge >= 0.3 is 0 Å². The van der Waals surface area contributed by atoms with Gasteiger partial charge in [0.1, 0.15) is 11.5 Å². The van der Waals surface area contributed by atoms with E-state index in [0.29, 0.717) is 24.0 Å². The molecule has 1 spiro atoms. The second-order valence-corrected chi connectivity index (χ2v) is 7.08. The molecule has 3 unspecified atom stereocenters. The van der Waals surface area contributed by atoms with E-state index in [0.717, 1.165) is 11.3 Å². The molecule has 0 radical (unpaired) electrons. The van der Waals surface area contributed by atoms with Crippen LogP contribution in [-0.4, -0.2) is 35.5 Å². The Morgan fingerprint density at radius 3 is 3.08 bits per heavy atom. The number of nitriles is 1. The van der Waals surface area contributed by atoms with Gasteiger partial charge < -0.3 is 15.0 Å². The lowest BCUT2D eigenvalue weighted by atomic mass is 9.74. The Kier molecular flexibility index (Phi) is 3.71. The third-order valence-electron chi connectivity index (χ3n) is 5.07. The summed E-state index contributed by atoms with van der Waals surface area (Å²) in [7, 11) is 1.61. The van der Waals surface area contributed by atoms with Crippen molar-refractivity contribution >= 4 is 28.3 Å². The predicted octanol–water partition coefficient (Wildman–Crippen LogP) is 2.10. The molecule has 1 saturated heterocycles. The maximum Gasteiger partial charge on any atom is 0.238 e. The van der Waals surface area contributed by atoms with Gasteiger partial charge in [-0.2, -0.15) is 9.64 Å². The zero-order chi connectivity index (χ0) is 17.6. The van der Waals surface area contributed by atoms with Crippen LogP contribution in [0.1, 0.15) is 24.4 Å². The number of hydrogen-bond donors (Lipinski definition) is 1. The van der Waals surface area contributed by atoms with Crippen LogP contribution in [0.25, 0.3) is 0 Å². The summed E-state index contributed by atoms with van der Waals surface area (Å²) in [5.41, 5.74) is 0.828. The Hall–Kier alpha value is -2.50. The van der Waals surface area contributed by atoms with Gasteiger partial charge in [-0.3, -0.25) is 4.79 Å². The standard InChI is InChI=1S/C17H17N5O2S/c1-10(24-2)14-20-16(25-21-14)22-8-11(7-18)17(9-22)12-5-3-4-6-13(12)19-15(17)23/h3-6,10-11H,8-9H2,1-2H3,(H,19,23). The molecule has 1 fully saturated rings. The largest absolute Gasteiger partial charge is 0.374 e. The molecule has 0 saturated carbocycles. The van der Waals surface area contributed by atoms with Crippen molar-refractivity contribution in [3.05, 3.63) is 35.7 Å². The van der Waals surface area contributed by atoms with Crippen molar-refractivity contribution in [2.24, 2.45) is 5.92 Å². The monoisotopic (exact) mass is 355 g/mol. The second-order valence-electron chi connectivity index (χ2n) is 6.35. The summed E-state index contributed by atoms with van der Waals surface area (Å²) in [6, 6.07) is 9.93. The van der Waals surface area contributed by atoms with Crippen molar-refractivity contribution < 1.29 is 9.53 Å². The molecule has 0 aliphatic carbocycles. The topological polar surface area (TPSA) is 91.1 Å². The first-order valence-electron chi connectivity index (χ1n) is 8.02. The summed E-state index contributed by atoms with van der Waals surface area (Å²) in [5, 5.41) is 13.4. The van der Waals surface area contributed by atoms with E-state index in [9.17, 15) is 10.1 Å². The van der Waals surface area contributed by atoms with Crippen LogP contribution in [-0.2, 0) is 14.9 Å². The van der Waals surface area contributed by atoms with Crippen LogP contribution >= 0.6 is 11.5 Å². The number of anilines is 2. The fraction of sp³-hybridized carbons (Fsp3) is 0.412. The van der Waals surface area contributed by atoms with Crippen molar-refractivity contribution in [1.82, 2.24) is 9.36 Å². The number of amides is 1. The van der Waals surface area contributed by atoms with E-state index in [1.807, 2.05) is 36.1 Å². The van der Waals surface area contributed by atoms with Crippen molar-refractivity contribution in [2.45, 2.75) is 18.4 Å². The Morgan fingerprint density at radius 2 is 2.32 bits per heavy atom. The van der Waals surface area contributed by atoms with Crippen LogP contribution in [0.5, 0.6) is 0 Å². The number of benzene rings is 1. The second kappa shape index (κ2) is 5.79. The molecule has 8 heteroatoms. The minimum atomic E-state index is -0.857. The van der Waals surface area contributed by atoms with Gasteiger partial charge in [0, 0.05) is 37.4 Å². The van der Waals surface area contributed by atoms with Crippen LogP contribution in [0.2, 0.25) is 0 Å². The zero-order valence-electron chi connectivity index (χ0n) is 13.9. The van der Waals surface area contributed by atoms with Gasteiger partial charge in [-0.25, -0.2) is 4.98 Å². The van der Waals surface area contributed by atoms with Crippen molar-refractivity contribution in [3.8, 4) is 6.07 Å².